The Kier molecular flexibility index (Phi) is 18.2. The van der Waals surface area contributed by atoms with Crippen LogP contribution in [0.2, 0.25) is 0 Å². The number of alkyl halides is 5. The first-order chi connectivity index (χ1) is 13.2. The fourth-order valence-electron chi connectivity index (χ4n) is 3.22. The smallest absolute Gasteiger partial charge is 0.306 e. The minimum atomic E-state index is -0.710. The van der Waals surface area contributed by atoms with Crippen molar-refractivity contribution in [1.29, 1.82) is 0 Å². The van der Waals surface area contributed by atoms with Crippen LogP contribution in [0.4, 0.5) is 0 Å². The first-order valence-electron chi connectivity index (χ1n) is 10.6. The van der Waals surface area contributed by atoms with Gasteiger partial charge in [0.05, 0.1) is 5.92 Å². The second-order valence-corrected chi connectivity index (χ2v) is 10.9. The predicted molar refractivity (Wildman–Crippen MR) is 126 cm³/mol. The molecular weight excluding hydrogens is 461 g/mol. The van der Waals surface area contributed by atoms with Crippen LogP contribution in [0.25, 0.3) is 0 Å². The summed E-state index contributed by atoms with van der Waals surface area (Å²) in [7, 11) is 0. The van der Waals surface area contributed by atoms with Gasteiger partial charge in [-0.3, -0.25) is 4.79 Å². The summed E-state index contributed by atoms with van der Waals surface area (Å²) in [5.74, 6) is -0.997. The second kappa shape index (κ2) is 17.6. The highest BCUT2D eigenvalue weighted by molar-refractivity contribution is 6.30. The van der Waals surface area contributed by atoms with Gasteiger partial charge < -0.3 is 5.11 Å². The first kappa shape index (κ1) is 28.9. The molecule has 1 N–H and O–H groups in total. The van der Waals surface area contributed by atoms with Crippen LogP contribution in [0, 0.1) is 5.92 Å². The number of unbranched alkanes of at least 4 members (excludes halogenated alkanes) is 1. The molecular formula is C21H37Cl5O2. The molecule has 0 aromatic heterocycles. The van der Waals surface area contributed by atoms with Crippen molar-refractivity contribution >= 4 is 64.0 Å². The van der Waals surface area contributed by atoms with E-state index in [0.717, 1.165) is 64.2 Å². The van der Waals surface area contributed by atoms with Crippen LogP contribution < -0.4 is 0 Å². The molecule has 0 rings (SSSR count). The van der Waals surface area contributed by atoms with Crippen LogP contribution in [0.15, 0.2) is 0 Å². The fraction of sp³-hybridized carbons (Fsp3) is 0.952. The lowest BCUT2D eigenvalue weighted by Crippen LogP contribution is -2.17. The van der Waals surface area contributed by atoms with Crippen LogP contribution in [-0.2, 0) is 4.79 Å². The van der Waals surface area contributed by atoms with Gasteiger partial charge in [-0.05, 0) is 58.3 Å². The molecule has 0 aliphatic rings. The number of hydrogen-bond acceptors (Lipinski definition) is 1. The van der Waals surface area contributed by atoms with Crippen molar-refractivity contribution in [3.63, 3.8) is 0 Å². The van der Waals surface area contributed by atoms with Gasteiger partial charge in [0.25, 0.3) is 0 Å². The quantitative estimate of drug-likeness (QED) is 0.152. The van der Waals surface area contributed by atoms with Gasteiger partial charge in [-0.15, -0.1) is 58.0 Å². The molecule has 0 aliphatic carbocycles. The van der Waals surface area contributed by atoms with Crippen molar-refractivity contribution in [1.82, 2.24) is 0 Å². The van der Waals surface area contributed by atoms with Crippen LogP contribution in [0.3, 0.4) is 0 Å². The zero-order valence-electron chi connectivity index (χ0n) is 17.2. The highest BCUT2D eigenvalue weighted by Crippen LogP contribution is 2.26. The third-order valence-electron chi connectivity index (χ3n) is 5.13. The monoisotopic (exact) mass is 496 g/mol. The summed E-state index contributed by atoms with van der Waals surface area (Å²) in [6.07, 6.45) is 10.1. The molecule has 2 nitrogen and oxygen atoms in total. The highest BCUT2D eigenvalue weighted by Gasteiger charge is 2.20. The predicted octanol–water partition coefficient (Wildman–Crippen LogP) is 8.45. The van der Waals surface area contributed by atoms with Gasteiger partial charge in [0, 0.05) is 26.9 Å². The van der Waals surface area contributed by atoms with Gasteiger partial charge >= 0.3 is 5.97 Å². The number of rotatable bonds is 18. The molecule has 7 heteroatoms. The first-order valence-corrected chi connectivity index (χ1v) is 12.8. The van der Waals surface area contributed by atoms with E-state index < -0.39 is 5.97 Å². The van der Waals surface area contributed by atoms with E-state index in [0.29, 0.717) is 12.8 Å². The molecule has 0 saturated carbocycles. The average Bonchev–Trinajstić information content (AvgIpc) is 2.62. The molecule has 28 heavy (non-hydrogen) atoms. The highest BCUT2D eigenvalue weighted by atomic mass is 35.5. The van der Waals surface area contributed by atoms with Crippen LogP contribution >= 0.6 is 58.0 Å². The zero-order valence-corrected chi connectivity index (χ0v) is 21.0. The Morgan fingerprint density at radius 3 is 1.79 bits per heavy atom. The molecule has 0 spiro atoms. The van der Waals surface area contributed by atoms with Crippen molar-refractivity contribution in [3.05, 3.63) is 0 Å². The summed E-state index contributed by atoms with van der Waals surface area (Å²) in [6, 6.07) is 0. The van der Waals surface area contributed by atoms with Crippen molar-refractivity contribution in [2.75, 3.05) is 0 Å². The van der Waals surface area contributed by atoms with Crippen molar-refractivity contribution in [3.8, 4) is 0 Å². The lowest BCUT2D eigenvalue weighted by atomic mass is 9.94. The molecule has 0 aliphatic heterocycles. The number of carboxylic acid groups (broad SMARTS) is 1. The Balaban J connectivity index is 3.93. The summed E-state index contributed by atoms with van der Waals surface area (Å²) in [4.78, 5) is 11.4. The number of aliphatic carboxylic acids is 1. The Hall–Kier alpha value is 0.920. The van der Waals surface area contributed by atoms with Crippen molar-refractivity contribution in [2.45, 2.75) is 118 Å². The largest absolute Gasteiger partial charge is 0.481 e. The van der Waals surface area contributed by atoms with Crippen molar-refractivity contribution < 1.29 is 9.90 Å². The van der Waals surface area contributed by atoms with E-state index in [2.05, 4.69) is 6.92 Å². The van der Waals surface area contributed by atoms with Crippen LogP contribution in [0.5, 0.6) is 0 Å². The van der Waals surface area contributed by atoms with E-state index in [9.17, 15) is 9.90 Å². The maximum absolute atomic E-state index is 11.4. The molecule has 0 radical (unpaired) electrons. The topological polar surface area (TPSA) is 37.3 Å². The SMILES string of the molecule is CCC(Cl)CC(Cl)CCCC(Cl)C(Cl)CCCCC(CCCC(C)Cl)C(=O)O. The average molecular weight is 499 g/mol. The third kappa shape index (κ3) is 15.7. The molecule has 0 bridgehead atoms. The normalized spacial score (nSPS) is 18.2. The molecule has 0 aromatic carbocycles. The number of hydrogen-bond donors (Lipinski definition) is 1. The Labute approximate surface area is 197 Å². The maximum atomic E-state index is 11.4. The van der Waals surface area contributed by atoms with E-state index in [-0.39, 0.29) is 32.8 Å². The second-order valence-electron chi connectivity index (χ2n) is 7.83. The van der Waals surface area contributed by atoms with Gasteiger partial charge in [-0.25, -0.2) is 0 Å². The Morgan fingerprint density at radius 2 is 1.25 bits per heavy atom. The van der Waals surface area contributed by atoms with Gasteiger partial charge in [0.2, 0.25) is 0 Å². The molecule has 0 heterocycles. The summed E-state index contributed by atoms with van der Waals surface area (Å²) >= 11 is 31.2. The van der Waals surface area contributed by atoms with Crippen LogP contribution in [-0.4, -0.2) is 38.0 Å². The van der Waals surface area contributed by atoms with E-state index >= 15 is 0 Å². The van der Waals surface area contributed by atoms with Gasteiger partial charge in [0.15, 0.2) is 0 Å². The van der Waals surface area contributed by atoms with Crippen molar-refractivity contribution in [2.24, 2.45) is 5.92 Å². The summed E-state index contributed by atoms with van der Waals surface area (Å²) in [5, 5.41) is 9.51. The number of carbonyl (C=O) groups is 1. The molecule has 6 unspecified atom stereocenters. The van der Waals surface area contributed by atoms with Crippen LogP contribution in [0.1, 0.15) is 90.9 Å². The number of carboxylic acids is 1. The van der Waals surface area contributed by atoms with Gasteiger partial charge in [0.1, 0.15) is 0 Å². The molecule has 0 saturated heterocycles. The molecule has 0 aromatic rings. The molecule has 0 amide bonds. The Bertz CT molecular complexity index is 395. The van der Waals surface area contributed by atoms with E-state index in [1.165, 1.54) is 0 Å². The third-order valence-corrected chi connectivity index (χ3v) is 7.41. The minimum absolute atomic E-state index is 0.0796. The molecule has 6 atom stereocenters. The van der Waals surface area contributed by atoms with Gasteiger partial charge in [-0.1, -0.05) is 32.6 Å². The van der Waals surface area contributed by atoms with Gasteiger partial charge in [-0.2, -0.15) is 0 Å². The molecule has 0 fully saturated rings. The Morgan fingerprint density at radius 1 is 0.750 bits per heavy atom. The number of halogens is 5. The standard InChI is InChI=1S/C21H37Cl5O2/c1-3-17(23)14-18(24)11-7-13-20(26)19(25)12-5-4-9-16(21(27)28)10-6-8-15(2)22/h15-20H,3-14H2,1-2H3,(H,27,28). The van der Waals surface area contributed by atoms with E-state index in [4.69, 9.17) is 58.0 Å². The maximum Gasteiger partial charge on any atom is 0.306 e. The summed E-state index contributed by atoms with van der Waals surface area (Å²) < 4.78 is 0. The lowest BCUT2D eigenvalue weighted by Gasteiger charge is -2.18. The summed E-state index contributed by atoms with van der Waals surface area (Å²) in [6.45, 7) is 4.00. The fourth-order valence-corrected chi connectivity index (χ4v) is 4.62. The zero-order chi connectivity index (χ0) is 21.5. The minimum Gasteiger partial charge on any atom is -0.481 e. The van der Waals surface area contributed by atoms with E-state index in [1.54, 1.807) is 0 Å². The summed E-state index contributed by atoms with van der Waals surface area (Å²) in [5.41, 5.74) is 0. The molecule has 168 valence electrons. The lowest BCUT2D eigenvalue weighted by molar-refractivity contribution is -0.142. The van der Waals surface area contributed by atoms with E-state index in [1.807, 2.05) is 6.92 Å².